The minimum atomic E-state index is -0.0990. The normalized spacial score (nSPS) is 15.2. The number of amides is 2. The lowest BCUT2D eigenvalue weighted by Crippen LogP contribution is -2.46. The van der Waals surface area contributed by atoms with Gasteiger partial charge in [-0.3, -0.25) is 14.6 Å². The second-order valence-electron chi connectivity index (χ2n) is 6.20. The Morgan fingerprint density at radius 2 is 1.88 bits per heavy atom. The molecule has 1 aromatic heterocycles. The molecule has 3 rings (SSSR count). The number of hydrogen-bond donors (Lipinski definition) is 1. The van der Waals surface area contributed by atoms with Crippen LogP contribution in [0.1, 0.15) is 28.8 Å². The van der Waals surface area contributed by atoms with Crippen molar-refractivity contribution < 1.29 is 9.59 Å². The molecule has 0 spiro atoms. The molecule has 2 heterocycles. The second-order valence-corrected chi connectivity index (χ2v) is 6.63. The van der Waals surface area contributed by atoms with Crippen molar-refractivity contribution in [3.05, 3.63) is 71.0 Å². The maximum atomic E-state index is 12.3. The fourth-order valence-electron chi connectivity index (χ4n) is 2.90. The molecule has 1 saturated heterocycles. The zero-order chi connectivity index (χ0) is 18.4. The van der Waals surface area contributed by atoms with Crippen LogP contribution < -0.4 is 5.32 Å². The highest BCUT2D eigenvalue weighted by molar-refractivity contribution is 6.30. The number of pyridine rings is 1. The molecule has 0 atom stereocenters. The molecule has 2 amide bonds. The average Bonchev–Trinajstić information content (AvgIpc) is 2.67. The minimum absolute atomic E-state index is 0.0242. The topological polar surface area (TPSA) is 62.3 Å². The highest BCUT2D eigenvalue weighted by Gasteiger charge is 2.23. The van der Waals surface area contributed by atoms with E-state index >= 15 is 0 Å². The van der Waals surface area contributed by atoms with Gasteiger partial charge in [0.05, 0.1) is 0 Å². The first kappa shape index (κ1) is 18.1. The Morgan fingerprint density at radius 1 is 1.15 bits per heavy atom. The molecule has 1 aliphatic rings. The minimum Gasteiger partial charge on any atom is -0.349 e. The first-order chi connectivity index (χ1) is 12.6. The summed E-state index contributed by atoms with van der Waals surface area (Å²) in [4.78, 5) is 30.2. The van der Waals surface area contributed by atoms with E-state index in [2.05, 4.69) is 10.3 Å². The van der Waals surface area contributed by atoms with Crippen LogP contribution in [0.4, 0.5) is 0 Å². The summed E-state index contributed by atoms with van der Waals surface area (Å²) in [6, 6.07) is 10.8. The van der Waals surface area contributed by atoms with Gasteiger partial charge in [0.15, 0.2) is 0 Å². The van der Waals surface area contributed by atoms with Crippen LogP contribution in [-0.4, -0.2) is 40.8 Å². The first-order valence-corrected chi connectivity index (χ1v) is 8.93. The molecule has 1 aliphatic heterocycles. The van der Waals surface area contributed by atoms with Gasteiger partial charge in [-0.1, -0.05) is 23.7 Å². The van der Waals surface area contributed by atoms with E-state index in [9.17, 15) is 9.59 Å². The highest BCUT2D eigenvalue weighted by atomic mass is 35.5. The Kier molecular flexibility index (Phi) is 6.02. The molecule has 1 aromatic carbocycles. The van der Waals surface area contributed by atoms with E-state index in [1.54, 1.807) is 47.6 Å². The molecule has 0 radical (unpaired) electrons. The van der Waals surface area contributed by atoms with Crippen LogP contribution in [0.3, 0.4) is 0 Å². The number of nitrogens with one attached hydrogen (secondary N) is 1. The number of likely N-dealkylation sites (tertiary alicyclic amines) is 1. The second kappa shape index (κ2) is 8.63. The van der Waals surface area contributed by atoms with Gasteiger partial charge in [-0.05, 0) is 48.7 Å². The van der Waals surface area contributed by atoms with Crippen LogP contribution in [0, 0.1) is 0 Å². The van der Waals surface area contributed by atoms with Crippen molar-refractivity contribution in [3.8, 4) is 0 Å². The summed E-state index contributed by atoms with van der Waals surface area (Å²) in [5, 5.41) is 3.67. The maximum Gasteiger partial charge on any atom is 0.251 e. The van der Waals surface area contributed by atoms with Crippen molar-refractivity contribution in [1.29, 1.82) is 0 Å². The van der Waals surface area contributed by atoms with Gasteiger partial charge in [-0.2, -0.15) is 0 Å². The number of aromatic nitrogens is 1. The third-order valence-electron chi connectivity index (χ3n) is 4.35. The number of piperidine rings is 1. The van der Waals surface area contributed by atoms with E-state index in [0.717, 1.165) is 18.4 Å². The van der Waals surface area contributed by atoms with Crippen LogP contribution >= 0.6 is 11.6 Å². The van der Waals surface area contributed by atoms with Gasteiger partial charge in [-0.15, -0.1) is 0 Å². The molecule has 26 heavy (non-hydrogen) atoms. The van der Waals surface area contributed by atoms with E-state index in [1.165, 1.54) is 0 Å². The largest absolute Gasteiger partial charge is 0.349 e. The van der Waals surface area contributed by atoms with Crippen molar-refractivity contribution >= 4 is 29.5 Å². The van der Waals surface area contributed by atoms with Crippen molar-refractivity contribution in [2.24, 2.45) is 0 Å². The van der Waals surface area contributed by atoms with E-state index < -0.39 is 0 Å². The predicted octanol–water partition coefficient (Wildman–Crippen LogP) is 3.17. The van der Waals surface area contributed by atoms with Crippen molar-refractivity contribution in [1.82, 2.24) is 15.2 Å². The van der Waals surface area contributed by atoms with Gasteiger partial charge >= 0.3 is 0 Å². The molecule has 0 unspecified atom stereocenters. The van der Waals surface area contributed by atoms with Gasteiger partial charge in [0, 0.05) is 48.2 Å². The first-order valence-electron chi connectivity index (χ1n) is 8.55. The van der Waals surface area contributed by atoms with E-state index in [-0.39, 0.29) is 17.9 Å². The van der Waals surface area contributed by atoms with Crippen LogP contribution in [0.2, 0.25) is 5.02 Å². The fraction of sp³-hybridized carbons (Fsp3) is 0.250. The van der Waals surface area contributed by atoms with Crippen LogP contribution in [-0.2, 0) is 4.79 Å². The lowest BCUT2D eigenvalue weighted by Gasteiger charge is -2.31. The molecule has 2 aromatic rings. The van der Waals surface area contributed by atoms with Gasteiger partial charge in [0.2, 0.25) is 5.91 Å². The number of hydrogen-bond acceptors (Lipinski definition) is 3. The fourth-order valence-corrected chi connectivity index (χ4v) is 3.10. The summed E-state index contributed by atoms with van der Waals surface area (Å²) in [6.07, 6.45) is 8.03. The van der Waals surface area contributed by atoms with E-state index in [1.807, 2.05) is 18.2 Å². The Bertz CT molecular complexity index is 800. The van der Waals surface area contributed by atoms with E-state index in [4.69, 9.17) is 11.6 Å². The molecule has 134 valence electrons. The molecular formula is C20H20ClN3O2. The molecule has 5 nitrogen and oxygen atoms in total. The summed E-state index contributed by atoms with van der Waals surface area (Å²) in [5.41, 5.74) is 1.49. The zero-order valence-electron chi connectivity index (χ0n) is 14.3. The van der Waals surface area contributed by atoms with E-state index in [0.29, 0.717) is 23.7 Å². The summed E-state index contributed by atoms with van der Waals surface area (Å²) in [6.45, 7) is 1.25. The standard InChI is InChI=1S/C20H20ClN3O2/c21-17-3-1-2-15(14-17)4-5-19(25)24-12-8-18(9-13-24)23-20(26)16-6-10-22-11-7-16/h1-7,10-11,14,18H,8-9,12-13H2,(H,23,26)/b5-4+. The summed E-state index contributed by atoms with van der Waals surface area (Å²) >= 11 is 5.94. The smallest absolute Gasteiger partial charge is 0.251 e. The van der Waals surface area contributed by atoms with Crippen LogP contribution in [0.15, 0.2) is 54.9 Å². The van der Waals surface area contributed by atoms with Crippen LogP contribution in [0.25, 0.3) is 6.08 Å². The third kappa shape index (κ3) is 4.92. The third-order valence-corrected chi connectivity index (χ3v) is 4.59. The van der Waals surface area contributed by atoms with Gasteiger partial charge < -0.3 is 10.2 Å². The monoisotopic (exact) mass is 369 g/mol. The number of rotatable bonds is 4. The molecule has 1 fully saturated rings. The lowest BCUT2D eigenvalue weighted by atomic mass is 10.0. The zero-order valence-corrected chi connectivity index (χ0v) is 15.0. The SMILES string of the molecule is O=C(NC1CCN(C(=O)/C=C/c2cccc(Cl)c2)CC1)c1ccncc1. The summed E-state index contributed by atoms with van der Waals surface area (Å²) in [7, 11) is 0. The summed E-state index contributed by atoms with van der Waals surface area (Å²) < 4.78 is 0. The molecule has 0 saturated carbocycles. The van der Waals surface area contributed by atoms with Crippen LogP contribution in [0.5, 0.6) is 0 Å². The Hall–Kier alpha value is -2.66. The van der Waals surface area contributed by atoms with Crippen molar-refractivity contribution in [2.45, 2.75) is 18.9 Å². The van der Waals surface area contributed by atoms with Gasteiger partial charge in [0.1, 0.15) is 0 Å². The number of carbonyl (C=O) groups excluding carboxylic acids is 2. The van der Waals surface area contributed by atoms with Gasteiger partial charge in [-0.25, -0.2) is 0 Å². The Morgan fingerprint density at radius 3 is 2.58 bits per heavy atom. The van der Waals surface area contributed by atoms with Gasteiger partial charge in [0.25, 0.3) is 5.91 Å². The highest BCUT2D eigenvalue weighted by Crippen LogP contribution is 2.14. The Labute approximate surface area is 157 Å². The molecular weight excluding hydrogens is 350 g/mol. The predicted molar refractivity (Wildman–Crippen MR) is 102 cm³/mol. The number of carbonyl (C=O) groups is 2. The molecule has 1 N–H and O–H groups in total. The molecule has 0 bridgehead atoms. The molecule has 6 heteroatoms. The Balaban J connectivity index is 1.48. The summed E-state index contributed by atoms with van der Waals surface area (Å²) in [5.74, 6) is -0.123. The number of halogens is 1. The maximum absolute atomic E-state index is 12.3. The molecule has 0 aliphatic carbocycles. The number of benzene rings is 1. The lowest BCUT2D eigenvalue weighted by molar-refractivity contribution is -0.126. The number of nitrogens with zero attached hydrogens (tertiary/aromatic N) is 2. The van der Waals surface area contributed by atoms with Crippen molar-refractivity contribution in [3.63, 3.8) is 0 Å². The quantitative estimate of drug-likeness (QED) is 0.842. The van der Waals surface area contributed by atoms with Crippen molar-refractivity contribution in [2.75, 3.05) is 13.1 Å². The average molecular weight is 370 g/mol.